The molecule has 0 radical (unpaired) electrons. The Labute approximate surface area is 162 Å². The van der Waals surface area contributed by atoms with Crippen LogP contribution in [0, 0.1) is 0 Å². The van der Waals surface area contributed by atoms with Crippen LogP contribution in [0.5, 0.6) is 0 Å². The maximum atomic E-state index is 12.7. The Morgan fingerprint density at radius 3 is 2.22 bits per heavy atom. The van der Waals surface area contributed by atoms with Gasteiger partial charge in [-0.2, -0.15) is 4.31 Å². The first kappa shape index (κ1) is 20.0. The van der Waals surface area contributed by atoms with E-state index in [1.807, 2.05) is 24.3 Å². The van der Waals surface area contributed by atoms with Crippen molar-refractivity contribution in [2.75, 3.05) is 26.3 Å². The molecule has 6 heteroatoms. The molecule has 0 amide bonds. The lowest BCUT2D eigenvalue weighted by Crippen LogP contribution is -2.41. The summed E-state index contributed by atoms with van der Waals surface area (Å²) in [5.41, 5.74) is 4.44. The number of benzene rings is 2. The number of rotatable bonds is 8. The van der Waals surface area contributed by atoms with Gasteiger partial charge in [-0.3, -0.25) is 0 Å². The first-order valence-electron chi connectivity index (χ1n) is 9.49. The van der Waals surface area contributed by atoms with Gasteiger partial charge in [-0.15, -0.1) is 0 Å². The van der Waals surface area contributed by atoms with Crippen molar-refractivity contribution in [2.45, 2.75) is 32.2 Å². The van der Waals surface area contributed by atoms with Crippen molar-refractivity contribution in [3.63, 3.8) is 0 Å². The van der Waals surface area contributed by atoms with E-state index >= 15 is 0 Å². The summed E-state index contributed by atoms with van der Waals surface area (Å²) < 4.78 is 32.2. The second-order valence-electron chi connectivity index (χ2n) is 6.81. The van der Waals surface area contributed by atoms with Crippen LogP contribution in [0.25, 0.3) is 0 Å². The highest BCUT2D eigenvalue weighted by atomic mass is 32.2. The number of ether oxygens (including phenoxy) is 1. The van der Waals surface area contributed by atoms with Gasteiger partial charge in [-0.25, -0.2) is 8.42 Å². The molecule has 2 aromatic carbocycles. The van der Waals surface area contributed by atoms with Crippen molar-refractivity contribution in [3.8, 4) is 0 Å². The van der Waals surface area contributed by atoms with E-state index < -0.39 is 10.0 Å². The Balaban J connectivity index is 1.61. The highest BCUT2D eigenvalue weighted by Crippen LogP contribution is 2.17. The molecule has 0 spiro atoms. The van der Waals surface area contributed by atoms with Gasteiger partial charge in [0.25, 0.3) is 0 Å². The fourth-order valence-electron chi connectivity index (χ4n) is 3.22. The number of hydrogen-bond donors (Lipinski definition) is 1. The summed E-state index contributed by atoms with van der Waals surface area (Å²) in [6.45, 7) is 5.37. The molecule has 0 atom stereocenters. The lowest BCUT2D eigenvalue weighted by molar-refractivity contribution is 0.0729. The molecular formula is C21H28N2O3S. The number of nitrogens with one attached hydrogen (secondary N) is 1. The zero-order valence-corrected chi connectivity index (χ0v) is 16.7. The first-order chi connectivity index (χ1) is 13.1. The fraction of sp³-hybridized carbons (Fsp3) is 0.429. The van der Waals surface area contributed by atoms with Crippen LogP contribution >= 0.6 is 0 Å². The lowest BCUT2D eigenvalue weighted by atomic mass is 10.1. The molecule has 1 aliphatic rings. The van der Waals surface area contributed by atoms with Gasteiger partial charge in [0.1, 0.15) is 0 Å². The smallest absolute Gasteiger partial charge is 0.218 e. The van der Waals surface area contributed by atoms with Crippen LogP contribution < -0.4 is 5.32 Å². The van der Waals surface area contributed by atoms with E-state index in [0.29, 0.717) is 32.8 Å². The number of hydrogen-bond acceptors (Lipinski definition) is 4. The number of aryl methyl sites for hydroxylation is 1. The second-order valence-corrected chi connectivity index (χ2v) is 8.78. The molecular weight excluding hydrogens is 360 g/mol. The minimum Gasteiger partial charge on any atom is -0.379 e. The average Bonchev–Trinajstić information content (AvgIpc) is 2.70. The van der Waals surface area contributed by atoms with Crippen LogP contribution in [0.2, 0.25) is 0 Å². The molecule has 1 saturated heterocycles. The van der Waals surface area contributed by atoms with Crippen molar-refractivity contribution < 1.29 is 13.2 Å². The summed E-state index contributed by atoms with van der Waals surface area (Å²) in [5, 5.41) is 3.43. The van der Waals surface area contributed by atoms with Gasteiger partial charge in [0, 0.05) is 26.2 Å². The summed E-state index contributed by atoms with van der Waals surface area (Å²) in [6.07, 6.45) is 1.04. The van der Waals surface area contributed by atoms with Gasteiger partial charge in [0.05, 0.1) is 19.0 Å². The predicted molar refractivity (Wildman–Crippen MR) is 108 cm³/mol. The molecule has 27 heavy (non-hydrogen) atoms. The van der Waals surface area contributed by atoms with E-state index in [-0.39, 0.29) is 5.75 Å². The normalized spacial score (nSPS) is 15.7. The lowest BCUT2D eigenvalue weighted by Gasteiger charge is -2.26. The molecule has 1 N–H and O–H groups in total. The largest absolute Gasteiger partial charge is 0.379 e. The molecule has 0 unspecified atom stereocenters. The van der Waals surface area contributed by atoms with E-state index in [4.69, 9.17) is 4.74 Å². The summed E-state index contributed by atoms with van der Waals surface area (Å²) in [6, 6.07) is 16.3. The van der Waals surface area contributed by atoms with Crippen molar-refractivity contribution >= 4 is 10.0 Å². The predicted octanol–water partition coefficient (Wildman–Crippen LogP) is 2.70. The number of morpholine rings is 1. The summed E-state index contributed by atoms with van der Waals surface area (Å²) in [4.78, 5) is 0. The zero-order valence-electron chi connectivity index (χ0n) is 15.9. The Bertz CT molecular complexity index is 829. The summed E-state index contributed by atoms with van der Waals surface area (Å²) in [7, 11) is -3.32. The Hall–Kier alpha value is -1.73. The molecule has 0 saturated carbocycles. The molecule has 0 bridgehead atoms. The SMILES string of the molecule is CCc1ccc(CNCc2ccccc2CS(=O)(=O)N2CCOCC2)cc1. The first-order valence-corrected chi connectivity index (χ1v) is 11.1. The van der Waals surface area contributed by atoms with Crippen molar-refractivity contribution in [1.82, 2.24) is 9.62 Å². The van der Waals surface area contributed by atoms with Gasteiger partial charge in [-0.05, 0) is 28.7 Å². The highest BCUT2D eigenvalue weighted by Gasteiger charge is 2.25. The summed E-state index contributed by atoms with van der Waals surface area (Å²) >= 11 is 0. The average molecular weight is 389 g/mol. The molecule has 0 aliphatic carbocycles. The topological polar surface area (TPSA) is 58.6 Å². The van der Waals surface area contributed by atoms with E-state index in [0.717, 1.165) is 24.1 Å². The third-order valence-electron chi connectivity index (χ3n) is 4.90. The molecule has 5 nitrogen and oxygen atoms in total. The standard InChI is InChI=1S/C21H28N2O3S/c1-2-18-7-9-19(10-8-18)15-22-16-20-5-3-4-6-21(20)17-27(24,25)23-11-13-26-14-12-23/h3-10,22H,2,11-17H2,1H3. The van der Waals surface area contributed by atoms with Crippen LogP contribution in [0.1, 0.15) is 29.2 Å². The van der Waals surface area contributed by atoms with E-state index in [9.17, 15) is 8.42 Å². The third kappa shape index (κ3) is 5.62. The monoisotopic (exact) mass is 388 g/mol. The second kappa shape index (κ2) is 9.46. The maximum Gasteiger partial charge on any atom is 0.218 e. The fourth-order valence-corrected chi connectivity index (χ4v) is 4.78. The maximum absolute atomic E-state index is 12.7. The zero-order chi connectivity index (χ0) is 19.1. The van der Waals surface area contributed by atoms with Crippen molar-refractivity contribution in [2.24, 2.45) is 0 Å². The molecule has 1 fully saturated rings. The van der Waals surface area contributed by atoms with Crippen LogP contribution in [0.15, 0.2) is 48.5 Å². The van der Waals surface area contributed by atoms with Gasteiger partial charge in [0.15, 0.2) is 0 Å². The Morgan fingerprint density at radius 2 is 1.56 bits per heavy atom. The highest BCUT2D eigenvalue weighted by molar-refractivity contribution is 7.88. The van der Waals surface area contributed by atoms with Crippen molar-refractivity contribution in [1.29, 1.82) is 0 Å². The molecule has 2 aromatic rings. The molecule has 146 valence electrons. The van der Waals surface area contributed by atoms with Gasteiger partial charge in [0.2, 0.25) is 10.0 Å². The van der Waals surface area contributed by atoms with Crippen LogP contribution in [0.3, 0.4) is 0 Å². The number of sulfonamides is 1. The molecule has 1 aliphatic heterocycles. The minimum atomic E-state index is -3.32. The van der Waals surface area contributed by atoms with Gasteiger partial charge < -0.3 is 10.1 Å². The number of nitrogens with zero attached hydrogens (tertiary/aromatic N) is 1. The third-order valence-corrected chi connectivity index (χ3v) is 6.72. The van der Waals surface area contributed by atoms with Crippen LogP contribution in [-0.2, 0) is 40.0 Å². The van der Waals surface area contributed by atoms with E-state index in [1.54, 1.807) is 0 Å². The van der Waals surface area contributed by atoms with Crippen LogP contribution in [0.4, 0.5) is 0 Å². The molecule has 0 aromatic heterocycles. The summed E-state index contributed by atoms with van der Waals surface area (Å²) in [5.74, 6) is 0.0377. The van der Waals surface area contributed by atoms with Crippen LogP contribution in [-0.4, -0.2) is 39.0 Å². The van der Waals surface area contributed by atoms with Crippen molar-refractivity contribution in [3.05, 3.63) is 70.8 Å². The molecule has 1 heterocycles. The minimum absolute atomic E-state index is 0.0377. The van der Waals surface area contributed by atoms with E-state index in [1.165, 1.54) is 15.4 Å². The van der Waals surface area contributed by atoms with Gasteiger partial charge >= 0.3 is 0 Å². The van der Waals surface area contributed by atoms with Gasteiger partial charge in [-0.1, -0.05) is 55.5 Å². The quantitative estimate of drug-likeness (QED) is 0.755. The Morgan fingerprint density at radius 1 is 0.926 bits per heavy atom. The molecule has 3 rings (SSSR count). The van der Waals surface area contributed by atoms with E-state index in [2.05, 4.69) is 36.5 Å². The Kier molecular flexibility index (Phi) is 7.01.